The first-order valence-electron chi connectivity index (χ1n) is 11.7. The van der Waals surface area contributed by atoms with Crippen molar-refractivity contribution in [1.82, 2.24) is 20.0 Å². The van der Waals surface area contributed by atoms with Crippen molar-refractivity contribution < 1.29 is 40.3 Å². The smallest absolute Gasteiger partial charge is 0.336 e. The molecule has 4 rings (SSSR count). The van der Waals surface area contributed by atoms with Crippen molar-refractivity contribution in [2.24, 2.45) is 5.92 Å². The summed E-state index contributed by atoms with van der Waals surface area (Å²) in [6.07, 6.45) is -8.67. The van der Waals surface area contributed by atoms with E-state index in [9.17, 15) is 35.5 Å². The van der Waals surface area contributed by atoms with E-state index in [2.05, 4.69) is 10.4 Å². The maximum atomic E-state index is 13.2. The molecular weight excluding hydrogens is 509 g/mol. The summed E-state index contributed by atoms with van der Waals surface area (Å²) in [5.74, 6) is -0.678. The molecule has 1 aromatic carbocycles. The minimum absolute atomic E-state index is 0.0596. The zero-order valence-electron chi connectivity index (χ0n) is 20.0. The number of alkyl halides is 6. The van der Waals surface area contributed by atoms with Gasteiger partial charge in [-0.25, -0.2) is 4.39 Å². The van der Waals surface area contributed by atoms with Crippen molar-refractivity contribution in [3.8, 4) is 0 Å². The van der Waals surface area contributed by atoms with Gasteiger partial charge in [0.2, 0.25) is 12.2 Å². The van der Waals surface area contributed by atoms with Crippen molar-refractivity contribution in [1.29, 1.82) is 0 Å². The predicted molar refractivity (Wildman–Crippen MR) is 119 cm³/mol. The van der Waals surface area contributed by atoms with E-state index < -0.39 is 24.7 Å². The molecular formula is C24H27F7N4O2. The van der Waals surface area contributed by atoms with Gasteiger partial charge in [0.1, 0.15) is 11.9 Å². The van der Waals surface area contributed by atoms with E-state index in [-0.39, 0.29) is 37.0 Å². The zero-order valence-corrected chi connectivity index (χ0v) is 20.0. The predicted octanol–water partition coefficient (Wildman–Crippen LogP) is 4.33. The first kappa shape index (κ1) is 28.6. The number of carbonyl (C=O) groups is 2. The molecule has 2 aromatic rings. The molecule has 0 aliphatic carbocycles. The second-order valence-electron chi connectivity index (χ2n) is 9.16. The highest BCUT2D eigenvalue weighted by Gasteiger charge is 2.42. The summed E-state index contributed by atoms with van der Waals surface area (Å²) in [6, 6.07) is 4.69. The van der Waals surface area contributed by atoms with Gasteiger partial charge in [0.25, 0.3) is 0 Å². The van der Waals surface area contributed by atoms with E-state index in [1.807, 2.05) is 11.6 Å². The van der Waals surface area contributed by atoms with E-state index in [1.165, 1.54) is 12.1 Å². The van der Waals surface area contributed by atoms with Crippen LogP contribution in [0.5, 0.6) is 0 Å². The fraction of sp³-hybridized carbons (Fsp3) is 0.542. The van der Waals surface area contributed by atoms with Crippen molar-refractivity contribution in [2.45, 2.75) is 64.1 Å². The Kier molecular flexibility index (Phi) is 8.98. The summed E-state index contributed by atoms with van der Waals surface area (Å²) in [6.45, 7) is 3.62. The van der Waals surface area contributed by atoms with Crippen LogP contribution in [0.2, 0.25) is 0 Å². The number of benzene rings is 1. The fourth-order valence-electron chi connectivity index (χ4n) is 4.59. The molecule has 1 N–H and O–H groups in total. The van der Waals surface area contributed by atoms with E-state index in [1.54, 1.807) is 17.0 Å². The van der Waals surface area contributed by atoms with Crippen LogP contribution < -0.4 is 5.32 Å². The first-order chi connectivity index (χ1) is 17.3. The van der Waals surface area contributed by atoms with Gasteiger partial charge in [0.05, 0.1) is 24.5 Å². The molecule has 1 amide bonds. The Bertz CT molecular complexity index is 1080. The quantitative estimate of drug-likeness (QED) is 0.467. The van der Waals surface area contributed by atoms with Crippen molar-refractivity contribution in [2.75, 3.05) is 13.1 Å². The number of aromatic nitrogens is 2. The van der Waals surface area contributed by atoms with Gasteiger partial charge in [0.15, 0.2) is 0 Å². The van der Waals surface area contributed by atoms with Gasteiger partial charge < -0.3 is 10.2 Å². The van der Waals surface area contributed by atoms with Crippen molar-refractivity contribution >= 4 is 12.2 Å². The number of aldehydes is 1. The molecule has 2 unspecified atom stereocenters. The number of nitrogens with one attached hydrogen (secondary N) is 1. The van der Waals surface area contributed by atoms with Crippen LogP contribution in [0.15, 0.2) is 24.3 Å². The lowest BCUT2D eigenvalue weighted by atomic mass is 9.88. The first-order valence-corrected chi connectivity index (χ1v) is 11.7. The lowest BCUT2D eigenvalue weighted by Crippen LogP contribution is -2.48. The Balaban J connectivity index is 0.000000568. The van der Waals surface area contributed by atoms with Crippen LogP contribution in [0.4, 0.5) is 30.7 Å². The minimum atomic E-state index is -4.64. The molecule has 3 heterocycles. The van der Waals surface area contributed by atoms with E-state index in [0.29, 0.717) is 32.5 Å². The molecule has 13 heteroatoms. The topological polar surface area (TPSA) is 67.2 Å². The molecule has 2 aliphatic rings. The molecule has 0 radical (unpaired) electrons. The number of aryl methyl sites for hydroxylation is 1. The second kappa shape index (κ2) is 11.6. The number of fused-ring (bicyclic) bond motifs is 1. The summed E-state index contributed by atoms with van der Waals surface area (Å²) >= 11 is 0. The highest BCUT2D eigenvalue weighted by atomic mass is 19.4. The average Bonchev–Trinajstić information content (AvgIpc) is 3.14. The number of hydrogen-bond acceptors (Lipinski definition) is 4. The van der Waals surface area contributed by atoms with Crippen LogP contribution in [0, 0.1) is 18.7 Å². The summed E-state index contributed by atoms with van der Waals surface area (Å²) in [4.78, 5) is 23.3. The van der Waals surface area contributed by atoms with Gasteiger partial charge in [-0.15, -0.1) is 0 Å². The maximum absolute atomic E-state index is 13.2. The highest BCUT2D eigenvalue weighted by molar-refractivity contribution is 5.76. The number of nitrogens with zero attached hydrogens (tertiary/aromatic N) is 3. The summed E-state index contributed by atoms with van der Waals surface area (Å²) < 4.78 is 85.4. The Morgan fingerprint density at radius 3 is 2.41 bits per heavy atom. The van der Waals surface area contributed by atoms with Crippen molar-refractivity contribution in [3.63, 3.8) is 0 Å². The van der Waals surface area contributed by atoms with Gasteiger partial charge in [-0.05, 0) is 61.9 Å². The molecule has 37 heavy (non-hydrogen) atoms. The molecule has 0 spiro atoms. The van der Waals surface area contributed by atoms with Gasteiger partial charge in [0, 0.05) is 13.0 Å². The molecule has 0 bridgehead atoms. The van der Waals surface area contributed by atoms with Crippen molar-refractivity contribution in [3.05, 3.63) is 52.6 Å². The number of rotatable bonds is 4. The van der Waals surface area contributed by atoms with Gasteiger partial charge in [-0.3, -0.25) is 14.3 Å². The van der Waals surface area contributed by atoms with E-state index >= 15 is 0 Å². The third-order valence-corrected chi connectivity index (χ3v) is 6.44. The highest BCUT2D eigenvalue weighted by Crippen LogP contribution is 2.31. The molecule has 204 valence electrons. The number of halogens is 7. The Morgan fingerprint density at radius 2 is 1.81 bits per heavy atom. The standard InChI is InChI=1S/C22H26F4N4O.C2HF3O/c1-14-18-7-9-29(21(31)11-16-6-8-27-20(10-16)22(24,25)26)13-19(18)30(28-14)12-15-2-4-17(23)5-3-15;3-2(4,5)1-6/h2-5,16,20,27H,6-13H2,1H3;1H. The van der Waals surface area contributed by atoms with E-state index in [0.717, 1.165) is 22.5 Å². The van der Waals surface area contributed by atoms with Crippen LogP contribution in [-0.4, -0.2) is 58.4 Å². The van der Waals surface area contributed by atoms with Gasteiger partial charge >= 0.3 is 12.4 Å². The summed E-state index contributed by atoms with van der Waals surface area (Å²) in [5.41, 5.74) is 3.88. The van der Waals surface area contributed by atoms with Crippen LogP contribution >= 0.6 is 0 Å². The fourth-order valence-corrected chi connectivity index (χ4v) is 4.59. The van der Waals surface area contributed by atoms with Crippen LogP contribution in [0.1, 0.15) is 41.8 Å². The van der Waals surface area contributed by atoms with E-state index in [4.69, 9.17) is 4.79 Å². The molecule has 1 fully saturated rings. The molecule has 6 nitrogen and oxygen atoms in total. The van der Waals surface area contributed by atoms with Crippen LogP contribution in [0.25, 0.3) is 0 Å². The normalized spacial score (nSPS) is 20.1. The van der Waals surface area contributed by atoms with Crippen LogP contribution in [0.3, 0.4) is 0 Å². The third kappa shape index (κ3) is 8.01. The lowest BCUT2D eigenvalue weighted by molar-refractivity contribution is -0.164. The van der Waals surface area contributed by atoms with Gasteiger partial charge in [-0.1, -0.05) is 12.1 Å². The number of hydrogen-bond donors (Lipinski definition) is 1. The SMILES string of the molecule is Cc1nn(Cc2ccc(F)cc2)c2c1CCN(C(=O)CC1CCNC(C(F)(F)F)C1)C2.O=CC(F)(F)F. The summed E-state index contributed by atoms with van der Waals surface area (Å²) in [5, 5.41) is 7.11. The molecule has 2 atom stereocenters. The average molecular weight is 536 g/mol. The largest absolute Gasteiger partial charge is 0.446 e. The number of amides is 1. The summed E-state index contributed by atoms with van der Waals surface area (Å²) in [7, 11) is 0. The number of piperidine rings is 1. The third-order valence-electron chi connectivity index (χ3n) is 6.44. The molecule has 0 saturated carbocycles. The monoisotopic (exact) mass is 536 g/mol. The molecule has 2 aliphatic heterocycles. The molecule has 1 aromatic heterocycles. The molecule has 1 saturated heterocycles. The Hall–Kier alpha value is -2.96. The lowest BCUT2D eigenvalue weighted by Gasteiger charge is -2.33. The number of carbonyl (C=O) groups excluding carboxylic acids is 2. The minimum Gasteiger partial charge on any atom is -0.336 e. The van der Waals surface area contributed by atoms with Gasteiger partial charge in [-0.2, -0.15) is 31.4 Å². The maximum Gasteiger partial charge on any atom is 0.446 e. The Labute approximate surface area is 208 Å². The Morgan fingerprint density at radius 1 is 1.16 bits per heavy atom. The zero-order chi connectivity index (χ0) is 27.4. The van der Waals surface area contributed by atoms with Crippen LogP contribution in [-0.2, 0) is 29.1 Å². The second-order valence-corrected chi connectivity index (χ2v) is 9.16.